The summed E-state index contributed by atoms with van der Waals surface area (Å²) in [5, 5.41) is 2.26. The van der Waals surface area contributed by atoms with Crippen molar-refractivity contribution in [1.82, 2.24) is 14.0 Å². The van der Waals surface area contributed by atoms with Gasteiger partial charge in [0, 0.05) is 18.6 Å². The second-order valence-corrected chi connectivity index (χ2v) is 7.64. The van der Waals surface area contributed by atoms with Crippen molar-refractivity contribution in [3.63, 3.8) is 0 Å². The fraction of sp³-hybridized carbons (Fsp3) is 0.316. The molecule has 27 heavy (non-hydrogen) atoms. The fourth-order valence-corrected chi connectivity index (χ4v) is 3.78. The third kappa shape index (κ3) is 3.84. The summed E-state index contributed by atoms with van der Waals surface area (Å²) in [6, 6.07) is 8.17. The maximum absolute atomic E-state index is 13.1. The number of halogens is 1. The predicted octanol–water partition coefficient (Wildman–Crippen LogP) is 3.13. The molecule has 0 atom stereocenters. The van der Waals surface area contributed by atoms with Crippen LogP contribution in [0.25, 0.3) is 15.9 Å². The van der Waals surface area contributed by atoms with Gasteiger partial charge in [0.05, 0.1) is 11.2 Å². The molecule has 0 saturated carbocycles. The van der Waals surface area contributed by atoms with Crippen LogP contribution in [0.15, 0.2) is 45.3 Å². The van der Waals surface area contributed by atoms with Crippen molar-refractivity contribution >= 4 is 39.1 Å². The summed E-state index contributed by atoms with van der Waals surface area (Å²) < 4.78 is 2.90. The first-order chi connectivity index (χ1) is 12.9. The Morgan fingerprint density at radius 3 is 2.56 bits per heavy atom. The number of fused-ring (bicyclic) bond motifs is 1. The van der Waals surface area contributed by atoms with E-state index in [1.54, 1.807) is 47.7 Å². The Morgan fingerprint density at radius 2 is 1.89 bits per heavy atom. The Labute approximate surface area is 165 Å². The minimum absolute atomic E-state index is 0.111. The minimum Gasteiger partial charge on any atom is -0.344 e. The zero-order chi connectivity index (χ0) is 19.6. The van der Waals surface area contributed by atoms with Crippen LogP contribution >= 0.6 is 22.9 Å². The molecule has 1 aromatic carbocycles. The van der Waals surface area contributed by atoms with Gasteiger partial charge in [0.15, 0.2) is 0 Å². The molecule has 2 heterocycles. The van der Waals surface area contributed by atoms with Gasteiger partial charge < -0.3 is 4.90 Å². The number of rotatable bonds is 6. The molecule has 0 radical (unpaired) electrons. The zero-order valence-corrected chi connectivity index (χ0v) is 16.7. The molecule has 2 aromatic heterocycles. The van der Waals surface area contributed by atoms with E-state index in [4.69, 9.17) is 11.6 Å². The number of hydrogen-bond donors (Lipinski definition) is 0. The highest BCUT2D eigenvalue weighted by molar-refractivity contribution is 7.17. The molecular weight excluding hydrogens is 386 g/mol. The maximum Gasteiger partial charge on any atom is 0.336 e. The van der Waals surface area contributed by atoms with E-state index in [2.05, 4.69) is 6.92 Å². The molecule has 1 amide bonds. The molecular formula is C19H20ClN3O3S. The molecule has 0 aliphatic heterocycles. The summed E-state index contributed by atoms with van der Waals surface area (Å²) in [6.45, 7) is 2.58. The van der Waals surface area contributed by atoms with Crippen LogP contribution in [-0.4, -0.2) is 33.5 Å². The summed E-state index contributed by atoms with van der Waals surface area (Å²) >= 11 is 7.17. The number of amides is 1. The lowest BCUT2D eigenvalue weighted by atomic mass is 10.3. The SMILES string of the molecule is CCCCN(C)C(=O)Cn1c(=O)n(-c2ccc(Cl)cc2)c(=O)c2sccc21. The molecule has 8 heteroatoms. The van der Waals surface area contributed by atoms with Gasteiger partial charge in [-0.3, -0.25) is 14.2 Å². The first-order valence-electron chi connectivity index (χ1n) is 8.67. The Kier molecular flexibility index (Phi) is 5.82. The molecule has 142 valence electrons. The van der Waals surface area contributed by atoms with Crippen molar-refractivity contribution in [3.05, 3.63) is 61.6 Å². The van der Waals surface area contributed by atoms with Crippen molar-refractivity contribution in [1.29, 1.82) is 0 Å². The Hall–Kier alpha value is -2.38. The molecule has 0 fully saturated rings. The molecule has 0 unspecified atom stereocenters. The number of likely N-dealkylation sites (N-methyl/N-ethyl adjacent to an activating group) is 1. The van der Waals surface area contributed by atoms with Crippen LogP contribution in [0.1, 0.15) is 19.8 Å². The van der Waals surface area contributed by atoms with E-state index in [-0.39, 0.29) is 12.5 Å². The number of carbonyl (C=O) groups is 1. The summed E-state index contributed by atoms with van der Waals surface area (Å²) in [5.41, 5.74) is -0.0245. The van der Waals surface area contributed by atoms with Gasteiger partial charge in [-0.05, 0) is 42.1 Å². The average Bonchev–Trinajstić information content (AvgIpc) is 3.14. The summed E-state index contributed by atoms with van der Waals surface area (Å²) in [6.07, 6.45) is 1.88. The van der Waals surface area contributed by atoms with Crippen molar-refractivity contribution in [3.8, 4) is 5.69 Å². The van der Waals surface area contributed by atoms with Gasteiger partial charge in [-0.25, -0.2) is 9.36 Å². The van der Waals surface area contributed by atoms with Crippen LogP contribution in [0, 0.1) is 0 Å². The van der Waals surface area contributed by atoms with E-state index >= 15 is 0 Å². The van der Waals surface area contributed by atoms with Crippen molar-refractivity contribution in [2.75, 3.05) is 13.6 Å². The maximum atomic E-state index is 13.1. The highest BCUT2D eigenvalue weighted by Crippen LogP contribution is 2.17. The minimum atomic E-state index is -0.537. The van der Waals surface area contributed by atoms with Crippen LogP contribution in [0.5, 0.6) is 0 Å². The standard InChI is InChI=1S/C19H20ClN3O3S/c1-3-4-10-21(2)16(24)12-22-15-9-11-27-17(15)18(25)23(19(22)26)14-7-5-13(20)6-8-14/h5-9,11H,3-4,10,12H2,1-2H3. The molecule has 3 rings (SSSR count). The second kappa shape index (κ2) is 8.10. The smallest absolute Gasteiger partial charge is 0.336 e. The quantitative estimate of drug-likeness (QED) is 0.632. The van der Waals surface area contributed by atoms with Gasteiger partial charge in [0.25, 0.3) is 5.56 Å². The van der Waals surface area contributed by atoms with Crippen LogP contribution < -0.4 is 11.2 Å². The summed E-state index contributed by atoms with van der Waals surface area (Å²) in [4.78, 5) is 40.1. The topological polar surface area (TPSA) is 64.3 Å². The van der Waals surface area contributed by atoms with Crippen LogP contribution in [0.2, 0.25) is 5.02 Å². The van der Waals surface area contributed by atoms with Crippen molar-refractivity contribution in [2.45, 2.75) is 26.3 Å². The Balaban J connectivity index is 2.11. The number of benzene rings is 1. The van der Waals surface area contributed by atoms with Crippen LogP contribution in [-0.2, 0) is 11.3 Å². The molecule has 0 bridgehead atoms. The van der Waals surface area contributed by atoms with Gasteiger partial charge in [-0.1, -0.05) is 24.9 Å². The van der Waals surface area contributed by atoms with Crippen LogP contribution in [0.3, 0.4) is 0 Å². The molecule has 0 spiro atoms. The lowest BCUT2D eigenvalue weighted by molar-refractivity contribution is -0.130. The zero-order valence-electron chi connectivity index (χ0n) is 15.1. The van der Waals surface area contributed by atoms with Gasteiger partial charge in [0.2, 0.25) is 5.91 Å². The number of unbranched alkanes of at least 4 members (excludes halogenated alkanes) is 1. The average molecular weight is 406 g/mol. The Morgan fingerprint density at radius 1 is 1.19 bits per heavy atom. The number of nitrogens with zero attached hydrogens (tertiary/aromatic N) is 3. The number of thiophene rings is 1. The van der Waals surface area contributed by atoms with Crippen molar-refractivity contribution < 1.29 is 4.79 Å². The van der Waals surface area contributed by atoms with Gasteiger partial charge >= 0.3 is 5.69 Å². The fourth-order valence-electron chi connectivity index (χ4n) is 2.83. The second-order valence-electron chi connectivity index (χ2n) is 6.29. The third-order valence-corrected chi connectivity index (χ3v) is 5.55. The highest BCUT2D eigenvalue weighted by Gasteiger charge is 2.18. The normalized spacial score (nSPS) is 11.1. The molecule has 0 saturated heterocycles. The molecule has 0 N–H and O–H groups in total. The van der Waals surface area contributed by atoms with Gasteiger partial charge in [-0.15, -0.1) is 11.3 Å². The monoisotopic (exact) mass is 405 g/mol. The Bertz CT molecular complexity index is 1080. The molecule has 3 aromatic rings. The third-order valence-electron chi connectivity index (χ3n) is 4.41. The lowest BCUT2D eigenvalue weighted by Crippen LogP contribution is -2.41. The van der Waals surface area contributed by atoms with E-state index in [0.29, 0.717) is 27.5 Å². The number of aromatic nitrogens is 2. The van der Waals surface area contributed by atoms with E-state index in [9.17, 15) is 14.4 Å². The van der Waals surface area contributed by atoms with E-state index in [0.717, 1.165) is 17.4 Å². The number of hydrogen-bond acceptors (Lipinski definition) is 4. The largest absolute Gasteiger partial charge is 0.344 e. The van der Waals surface area contributed by atoms with Crippen molar-refractivity contribution in [2.24, 2.45) is 0 Å². The molecule has 0 aliphatic carbocycles. The first kappa shape index (κ1) is 19.4. The van der Waals surface area contributed by atoms with E-state index in [1.807, 2.05) is 0 Å². The van der Waals surface area contributed by atoms with Gasteiger partial charge in [0.1, 0.15) is 11.2 Å². The molecule has 0 aliphatic rings. The number of carbonyl (C=O) groups excluding carboxylic acids is 1. The van der Waals surface area contributed by atoms with E-state index < -0.39 is 11.2 Å². The first-order valence-corrected chi connectivity index (χ1v) is 9.92. The predicted molar refractivity (Wildman–Crippen MR) is 109 cm³/mol. The molecule has 6 nitrogen and oxygen atoms in total. The lowest BCUT2D eigenvalue weighted by Gasteiger charge is -2.18. The van der Waals surface area contributed by atoms with E-state index in [1.165, 1.54) is 15.9 Å². The highest BCUT2D eigenvalue weighted by atomic mass is 35.5. The summed E-state index contributed by atoms with van der Waals surface area (Å²) in [7, 11) is 1.73. The summed E-state index contributed by atoms with van der Waals surface area (Å²) in [5.74, 6) is -0.167. The van der Waals surface area contributed by atoms with Crippen LogP contribution in [0.4, 0.5) is 0 Å². The van der Waals surface area contributed by atoms with Gasteiger partial charge in [-0.2, -0.15) is 0 Å².